The zero-order valence-electron chi connectivity index (χ0n) is 35.4. The summed E-state index contributed by atoms with van der Waals surface area (Å²) in [6, 6.07) is 0. The van der Waals surface area contributed by atoms with Crippen molar-refractivity contribution in [3.05, 3.63) is 36.5 Å². The second kappa shape index (κ2) is 41.9. The lowest BCUT2D eigenvalue weighted by molar-refractivity contribution is -0.161. The summed E-state index contributed by atoms with van der Waals surface area (Å²) < 4.78 is 32.8. The summed E-state index contributed by atoms with van der Waals surface area (Å²) in [6.07, 6.45) is 45.9. The first-order valence-electron chi connectivity index (χ1n) is 22.5. The van der Waals surface area contributed by atoms with E-state index >= 15 is 0 Å². The van der Waals surface area contributed by atoms with Crippen LogP contribution in [0.25, 0.3) is 0 Å². The van der Waals surface area contributed by atoms with Gasteiger partial charge in [0, 0.05) is 19.4 Å². The molecule has 0 heterocycles. The van der Waals surface area contributed by atoms with Crippen LogP contribution in [0.1, 0.15) is 206 Å². The van der Waals surface area contributed by atoms with E-state index in [4.69, 9.17) is 24.3 Å². The van der Waals surface area contributed by atoms with Gasteiger partial charge in [0.2, 0.25) is 0 Å². The zero-order chi connectivity index (χ0) is 40.3. The molecular weight excluding hydrogens is 713 g/mol. The molecule has 2 unspecified atom stereocenters. The van der Waals surface area contributed by atoms with E-state index in [1.807, 2.05) is 0 Å². The lowest BCUT2D eigenvalue weighted by Crippen LogP contribution is -2.29. The Morgan fingerprint density at radius 2 is 0.945 bits per heavy atom. The highest BCUT2D eigenvalue weighted by Gasteiger charge is 2.26. The van der Waals surface area contributed by atoms with Gasteiger partial charge in [-0.1, -0.05) is 159 Å². The van der Waals surface area contributed by atoms with E-state index in [0.29, 0.717) is 6.42 Å². The first kappa shape index (κ1) is 53.2. The summed E-state index contributed by atoms with van der Waals surface area (Å²) in [5.74, 6) is -0.839. The molecule has 0 aliphatic carbocycles. The van der Waals surface area contributed by atoms with E-state index in [1.54, 1.807) is 0 Å². The summed E-state index contributed by atoms with van der Waals surface area (Å²) in [7, 11) is -4.38. The largest absolute Gasteiger partial charge is 0.472 e. The summed E-state index contributed by atoms with van der Waals surface area (Å²) in [5.41, 5.74) is 5.35. The summed E-state index contributed by atoms with van der Waals surface area (Å²) >= 11 is 0. The molecular formula is C45H84NO8P. The van der Waals surface area contributed by atoms with Crippen LogP contribution in [0.3, 0.4) is 0 Å². The third kappa shape index (κ3) is 41.7. The molecule has 0 saturated heterocycles. The Morgan fingerprint density at radius 1 is 0.545 bits per heavy atom. The summed E-state index contributed by atoms with van der Waals surface area (Å²) in [5, 5.41) is 0. The highest BCUT2D eigenvalue weighted by atomic mass is 31.2. The predicted octanol–water partition coefficient (Wildman–Crippen LogP) is 12.9. The second-order valence-electron chi connectivity index (χ2n) is 14.9. The van der Waals surface area contributed by atoms with Gasteiger partial charge in [0.1, 0.15) is 6.61 Å². The monoisotopic (exact) mass is 798 g/mol. The Balaban J connectivity index is 4.14. The van der Waals surface area contributed by atoms with Gasteiger partial charge in [0.25, 0.3) is 0 Å². The van der Waals surface area contributed by atoms with Crippen molar-refractivity contribution in [3.63, 3.8) is 0 Å². The second-order valence-corrected chi connectivity index (χ2v) is 16.4. The predicted molar refractivity (Wildman–Crippen MR) is 229 cm³/mol. The zero-order valence-corrected chi connectivity index (χ0v) is 36.3. The number of esters is 2. The Hall–Kier alpha value is -1.77. The Labute approximate surface area is 337 Å². The lowest BCUT2D eigenvalue weighted by atomic mass is 10.1. The molecule has 9 nitrogen and oxygen atoms in total. The highest BCUT2D eigenvalue weighted by molar-refractivity contribution is 7.47. The number of ether oxygens (including phenoxy) is 2. The molecule has 2 atom stereocenters. The Kier molecular flexibility index (Phi) is 40.5. The number of phosphoric ester groups is 1. The van der Waals surface area contributed by atoms with E-state index in [-0.39, 0.29) is 38.6 Å². The lowest BCUT2D eigenvalue weighted by Gasteiger charge is -2.19. The van der Waals surface area contributed by atoms with Crippen molar-refractivity contribution in [1.29, 1.82) is 0 Å². The summed E-state index contributed by atoms with van der Waals surface area (Å²) in [6.45, 7) is 3.70. The molecule has 0 rings (SSSR count). The minimum atomic E-state index is -4.38. The number of carbonyl (C=O) groups is 2. The smallest absolute Gasteiger partial charge is 0.462 e. The normalized spacial score (nSPS) is 13.6. The number of unbranched alkanes of at least 4 members (excludes halogenated alkanes) is 23. The van der Waals surface area contributed by atoms with Gasteiger partial charge in [-0.2, -0.15) is 0 Å². The molecule has 0 fully saturated rings. The molecule has 0 bridgehead atoms. The average molecular weight is 798 g/mol. The van der Waals surface area contributed by atoms with Gasteiger partial charge in [0.05, 0.1) is 13.2 Å². The van der Waals surface area contributed by atoms with Crippen LogP contribution in [-0.2, 0) is 32.7 Å². The number of hydrogen-bond acceptors (Lipinski definition) is 8. The highest BCUT2D eigenvalue weighted by Crippen LogP contribution is 2.43. The SMILES string of the molecule is CCCCCC=CCC=CCCCCCCCCCC(=O)OC(COC(=O)CCCCCCCCCC=CCCCCCCCC)COP(=O)(O)OCCN. The third-order valence-corrected chi connectivity index (χ3v) is 10.5. The van der Waals surface area contributed by atoms with Crippen molar-refractivity contribution in [1.82, 2.24) is 0 Å². The van der Waals surface area contributed by atoms with Crippen molar-refractivity contribution in [3.8, 4) is 0 Å². The fraction of sp³-hybridized carbons (Fsp3) is 0.822. The Bertz CT molecular complexity index is 1000. The molecule has 322 valence electrons. The van der Waals surface area contributed by atoms with Crippen molar-refractivity contribution in [2.45, 2.75) is 213 Å². The number of rotatable bonds is 42. The van der Waals surface area contributed by atoms with E-state index in [9.17, 15) is 19.0 Å². The van der Waals surface area contributed by atoms with E-state index in [1.165, 1.54) is 109 Å². The van der Waals surface area contributed by atoms with Crippen molar-refractivity contribution in [2.75, 3.05) is 26.4 Å². The van der Waals surface area contributed by atoms with Gasteiger partial charge < -0.3 is 20.1 Å². The van der Waals surface area contributed by atoms with Crippen LogP contribution in [0.2, 0.25) is 0 Å². The molecule has 0 aromatic heterocycles. The van der Waals surface area contributed by atoms with Crippen molar-refractivity contribution < 1.29 is 37.6 Å². The topological polar surface area (TPSA) is 134 Å². The minimum Gasteiger partial charge on any atom is -0.462 e. The molecule has 0 spiro atoms. The van der Waals surface area contributed by atoms with E-state index in [0.717, 1.165) is 64.2 Å². The molecule has 0 aromatic carbocycles. The molecule has 0 amide bonds. The maximum absolute atomic E-state index is 12.6. The standard InChI is InChI=1S/C45H84NO8P/c1-3-5-7-9-11-13-15-17-19-21-23-25-27-29-31-33-35-37-44(47)51-41-43(42-53-55(49,50)52-40-39-46)54-45(48)38-36-34-32-30-28-26-24-22-20-18-16-14-12-10-8-6-4-2/h12,14,17-20,43H,3-11,13,15-16,21-42,46H2,1-2H3,(H,49,50). The molecule has 0 radical (unpaired) electrons. The maximum atomic E-state index is 12.6. The molecule has 55 heavy (non-hydrogen) atoms. The van der Waals surface area contributed by atoms with E-state index in [2.05, 4.69) is 50.3 Å². The van der Waals surface area contributed by atoms with Gasteiger partial charge in [-0.15, -0.1) is 0 Å². The van der Waals surface area contributed by atoms with Crippen LogP contribution in [0.15, 0.2) is 36.5 Å². The van der Waals surface area contributed by atoms with Crippen LogP contribution in [0.5, 0.6) is 0 Å². The number of nitrogens with two attached hydrogens (primary N) is 1. The van der Waals surface area contributed by atoms with Gasteiger partial charge in [-0.3, -0.25) is 18.6 Å². The number of carbonyl (C=O) groups excluding carboxylic acids is 2. The van der Waals surface area contributed by atoms with Gasteiger partial charge in [-0.25, -0.2) is 4.57 Å². The third-order valence-electron chi connectivity index (χ3n) is 9.50. The fourth-order valence-corrected chi connectivity index (χ4v) is 6.89. The quantitative estimate of drug-likeness (QED) is 0.0268. The molecule has 0 saturated carbocycles. The molecule has 10 heteroatoms. The van der Waals surface area contributed by atoms with Gasteiger partial charge in [0.15, 0.2) is 6.10 Å². The molecule has 0 aliphatic heterocycles. The van der Waals surface area contributed by atoms with Crippen molar-refractivity contribution in [2.24, 2.45) is 5.73 Å². The van der Waals surface area contributed by atoms with Gasteiger partial charge in [-0.05, 0) is 70.6 Å². The van der Waals surface area contributed by atoms with Crippen molar-refractivity contribution >= 4 is 19.8 Å². The van der Waals surface area contributed by atoms with Crippen LogP contribution in [-0.4, -0.2) is 49.3 Å². The van der Waals surface area contributed by atoms with Crippen LogP contribution in [0, 0.1) is 0 Å². The van der Waals surface area contributed by atoms with Gasteiger partial charge >= 0.3 is 19.8 Å². The average Bonchev–Trinajstić information content (AvgIpc) is 3.17. The minimum absolute atomic E-state index is 0.0512. The number of allylic oxidation sites excluding steroid dienone is 6. The molecule has 0 aliphatic rings. The van der Waals surface area contributed by atoms with Crippen LogP contribution >= 0.6 is 7.82 Å². The number of hydrogen-bond donors (Lipinski definition) is 2. The molecule has 0 aromatic rings. The summed E-state index contributed by atoms with van der Waals surface area (Å²) in [4.78, 5) is 34.9. The van der Waals surface area contributed by atoms with Crippen LogP contribution in [0.4, 0.5) is 0 Å². The van der Waals surface area contributed by atoms with Crippen LogP contribution < -0.4 is 5.73 Å². The maximum Gasteiger partial charge on any atom is 0.472 e. The molecule has 3 N–H and O–H groups in total. The number of phosphoric acid groups is 1. The van der Waals surface area contributed by atoms with E-state index < -0.39 is 26.5 Å². The fourth-order valence-electron chi connectivity index (χ4n) is 6.13. The Morgan fingerprint density at radius 3 is 1.44 bits per heavy atom. The first-order valence-corrected chi connectivity index (χ1v) is 24.0. The first-order chi connectivity index (χ1) is 26.8.